The van der Waals surface area contributed by atoms with Gasteiger partial charge in [0.25, 0.3) is 5.91 Å². The van der Waals surface area contributed by atoms with Gasteiger partial charge in [0.05, 0.1) is 19.8 Å². The van der Waals surface area contributed by atoms with Crippen LogP contribution >= 0.6 is 0 Å². The number of ether oxygens (including phenoxy) is 3. The highest BCUT2D eigenvalue weighted by molar-refractivity contribution is 6.05. The van der Waals surface area contributed by atoms with Crippen molar-refractivity contribution in [1.29, 1.82) is 0 Å². The van der Waals surface area contributed by atoms with Gasteiger partial charge in [-0.15, -0.1) is 0 Å². The summed E-state index contributed by atoms with van der Waals surface area (Å²) in [5, 5.41) is 2.98. The van der Waals surface area contributed by atoms with Crippen molar-refractivity contribution in [3.63, 3.8) is 0 Å². The lowest BCUT2D eigenvalue weighted by molar-refractivity contribution is 0.102. The fourth-order valence-corrected chi connectivity index (χ4v) is 3.89. The third-order valence-corrected chi connectivity index (χ3v) is 5.67. The third-order valence-electron chi connectivity index (χ3n) is 5.67. The quantitative estimate of drug-likeness (QED) is 0.538. The number of piperidine rings is 1. The highest BCUT2D eigenvalue weighted by atomic mass is 16.5. The van der Waals surface area contributed by atoms with Crippen molar-refractivity contribution in [3.05, 3.63) is 47.5 Å². The summed E-state index contributed by atoms with van der Waals surface area (Å²) < 4.78 is 17.2. The Morgan fingerprint density at radius 1 is 0.938 bits per heavy atom. The molecule has 174 valence electrons. The van der Waals surface area contributed by atoms with E-state index in [1.165, 1.54) is 18.4 Å². The molecule has 0 atom stereocenters. The van der Waals surface area contributed by atoms with E-state index in [1.54, 1.807) is 12.1 Å². The second-order valence-corrected chi connectivity index (χ2v) is 8.21. The van der Waals surface area contributed by atoms with E-state index in [0.29, 0.717) is 42.6 Å². The second kappa shape index (κ2) is 11.8. The SMILES string of the molecule is CCOc1cc(C(=O)Nc2ccc(CN3CCC(C)CC3)cc2)cc(OCC)c1OCC. The predicted octanol–water partition coefficient (Wildman–Crippen LogP) is 5.37. The molecule has 32 heavy (non-hydrogen) atoms. The maximum absolute atomic E-state index is 13.0. The first-order valence-electron chi connectivity index (χ1n) is 11.7. The van der Waals surface area contributed by atoms with Gasteiger partial charge in [0, 0.05) is 17.8 Å². The number of benzene rings is 2. The standard InChI is InChI=1S/C26H36N2O4/c1-5-30-23-16-21(17-24(31-6-2)25(23)32-7-3)26(29)27-22-10-8-20(9-11-22)18-28-14-12-19(4)13-15-28/h8-11,16-17,19H,5-7,12-15,18H2,1-4H3,(H,27,29). The van der Waals surface area contributed by atoms with Crippen LogP contribution in [0.25, 0.3) is 0 Å². The summed E-state index contributed by atoms with van der Waals surface area (Å²) in [5.41, 5.74) is 2.48. The Morgan fingerprint density at radius 2 is 1.50 bits per heavy atom. The van der Waals surface area contributed by atoms with E-state index in [-0.39, 0.29) is 5.91 Å². The van der Waals surface area contributed by atoms with E-state index in [0.717, 1.165) is 31.2 Å². The molecular formula is C26H36N2O4. The first-order chi connectivity index (χ1) is 15.5. The zero-order valence-electron chi connectivity index (χ0n) is 19.8. The molecule has 0 aromatic heterocycles. The van der Waals surface area contributed by atoms with Crippen LogP contribution < -0.4 is 19.5 Å². The normalized spacial score (nSPS) is 14.8. The van der Waals surface area contributed by atoms with Gasteiger partial charge in [-0.2, -0.15) is 0 Å². The summed E-state index contributed by atoms with van der Waals surface area (Å²) in [6, 6.07) is 11.5. The van der Waals surface area contributed by atoms with Gasteiger partial charge in [-0.3, -0.25) is 9.69 Å². The number of nitrogens with one attached hydrogen (secondary N) is 1. The van der Waals surface area contributed by atoms with Crippen LogP contribution in [0.5, 0.6) is 17.2 Å². The molecule has 0 aliphatic carbocycles. The monoisotopic (exact) mass is 440 g/mol. The van der Waals surface area contributed by atoms with Crippen molar-refractivity contribution in [2.24, 2.45) is 5.92 Å². The molecule has 1 N–H and O–H groups in total. The van der Waals surface area contributed by atoms with E-state index < -0.39 is 0 Å². The number of carbonyl (C=O) groups is 1. The fourth-order valence-electron chi connectivity index (χ4n) is 3.89. The molecule has 1 aliphatic heterocycles. The molecule has 1 aliphatic rings. The van der Waals surface area contributed by atoms with Gasteiger partial charge in [-0.25, -0.2) is 0 Å². The van der Waals surface area contributed by atoms with Crippen molar-refractivity contribution >= 4 is 11.6 Å². The third kappa shape index (κ3) is 6.39. The van der Waals surface area contributed by atoms with Gasteiger partial charge >= 0.3 is 0 Å². The molecule has 3 rings (SSSR count). The molecule has 2 aromatic rings. The summed E-state index contributed by atoms with van der Waals surface area (Å²) in [5.74, 6) is 2.17. The van der Waals surface area contributed by atoms with E-state index in [9.17, 15) is 4.79 Å². The average Bonchev–Trinajstić information content (AvgIpc) is 2.79. The Bertz CT molecular complexity index is 847. The van der Waals surface area contributed by atoms with E-state index in [4.69, 9.17) is 14.2 Å². The lowest BCUT2D eigenvalue weighted by Gasteiger charge is -2.30. The van der Waals surface area contributed by atoms with Gasteiger partial charge in [0.1, 0.15) is 0 Å². The van der Waals surface area contributed by atoms with Crippen LogP contribution in [0.2, 0.25) is 0 Å². The highest BCUT2D eigenvalue weighted by Crippen LogP contribution is 2.39. The Balaban J connectivity index is 1.70. The molecule has 2 aromatic carbocycles. The van der Waals surface area contributed by atoms with Gasteiger partial charge in [-0.05, 0) is 82.4 Å². The summed E-state index contributed by atoms with van der Waals surface area (Å²) in [6.07, 6.45) is 2.54. The van der Waals surface area contributed by atoms with E-state index >= 15 is 0 Å². The van der Waals surface area contributed by atoms with Gasteiger partial charge < -0.3 is 19.5 Å². The number of hydrogen-bond acceptors (Lipinski definition) is 5. The van der Waals surface area contributed by atoms with Gasteiger partial charge in [0.15, 0.2) is 11.5 Å². The topological polar surface area (TPSA) is 60.0 Å². The van der Waals surface area contributed by atoms with Crippen molar-refractivity contribution in [2.75, 3.05) is 38.2 Å². The van der Waals surface area contributed by atoms with E-state index in [1.807, 2.05) is 32.9 Å². The van der Waals surface area contributed by atoms with Crippen molar-refractivity contribution < 1.29 is 19.0 Å². The first kappa shape index (κ1) is 23.9. The Morgan fingerprint density at radius 3 is 2.03 bits per heavy atom. The number of rotatable bonds is 10. The molecular weight excluding hydrogens is 404 g/mol. The Kier molecular flexibility index (Phi) is 8.80. The smallest absolute Gasteiger partial charge is 0.255 e. The number of carbonyl (C=O) groups excluding carboxylic acids is 1. The number of hydrogen-bond donors (Lipinski definition) is 1. The lowest BCUT2D eigenvalue weighted by atomic mass is 9.99. The van der Waals surface area contributed by atoms with Crippen LogP contribution in [-0.2, 0) is 6.54 Å². The second-order valence-electron chi connectivity index (χ2n) is 8.21. The molecule has 0 unspecified atom stereocenters. The first-order valence-corrected chi connectivity index (χ1v) is 11.7. The minimum atomic E-state index is -0.215. The lowest BCUT2D eigenvalue weighted by Crippen LogP contribution is -2.32. The minimum absolute atomic E-state index is 0.215. The number of nitrogens with zero attached hydrogens (tertiary/aromatic N) is 1. The molecule has 1 fully saturated rings. The van der Waals surface area contributed by atoms with Crippen LogP contribution in [0.15, 0.2) is 36.4 Å². The Labute approximate surface area is 191 Å². The molecule has 6 nitrogen and oxygen atoms in total. The minimum Gasteiger partial charge on any atom is -0.490 e. The molecule has 1 saturated heterocycles. The van der Waals surface area contributed by atoms with E-state index in [2.05, 4.69) is 29.3 Å². The fraction of sp³-hybridized carbons (Fsp3) is 0.500. The molecule has 0 radical (unpaired) electrons. The average molecular weight is 441 g/mol. The maximum atomic E-state index is 13.0. The van der Waals surface area contributed by atoms with Crippen LogP contribution in [0.4, 0.5) is 5.69 Å². The molecule has 6 heteroatoms. The molecule has 0 bridgehead atoms. The van der Waals surface area contributed by atoms with Crippen molar-refractivity contribution in [1.82, 2.24) is 4.90 Å². The summed E-state index contributed by atoms with van der Waals surface area (Å²) in [6.45, 7) is 12.7. The number of likely N-dealkylation sites (tertiary alicyclic amines) is 1. The largest absolute Gasteiger partial charge is 0.490 e. The molecule has 0 saturated carbocycles. The maximum Gasteiger partial charge on any atom is 0.255 e. The zero-order valence-corrected chi connectivity index (χ0v) is 19.8. The van der Waals surface area contributed by atoms with Gasteiger partial charge in [0.2, 0.25) is 5.75 Å². The number of anilines is 1. The predicted molar refractivity (Wildman–Crippen MR) is 128 cm³/mol. The number of amides is 1. The molecule has 1 heterocycles. The molecule has 0 spiro atoms. The zero-order chi connectivity index (χ0) is 22.9. The Hall–Kier alpha value is -2.73. The highest BCUT2D eigenvalue weighted by Gasteiger charge is 2.19. The van der Waals surface area contributed by atoms with Crippen LogP contribution in [0.3, 0.4) is 0 Å². The summed E-state index contributed by atoms with van der Waals surface area (Å²) in [4.78, 5) is 15.5. The van der Waals surface area contributed by atoms with Crippen LogP contribution in [-0.4, -0.2) is 43.7 Å². The van der Waals surface area contributed by atoms with Crippen molar-refractivity contribution in [3.8, 4) is 17.2 Å². The van der Waals surface area contributed by atoms with Crippen LogP contribution in [0.1, 0.15) is 56.5 Å². The van der Waals surface area contributed by atoms with Gasteiger partial charge in [-0.1, -0.05) is 19.1 Å². The van der Waals surface area contributed by atoms with Crippen molar-refractivity contribution in [2.45, 2.75) is 47.1 Å². The summed E-state index contributed by atoms with van der Waals surface area (Å²) >= 11 is 0. The van der Waals surface area contributed by atoms with Crippen LogP contribution in [0, 0.1) is 5.92 Å². The molecule has 1 amide bonds. The summed E-state index contributed by atoms with van der Waals surface area (Å²) in [7, 11) is 0.